The number of sulfone groups is 1. The normalized spacial score (nSPS) is 11.4. The Morgan fingerprint density at radius 3 is 2.32 bits per heavy atom. The highest BCUT2D eigenvalue weighted by molar-refractivity contribution is 7.90. The van der Waals surface area contributed by atoms with Crippen molar-refractivity contribution in [2.45, 2.75) is 12.1 Å². The third kappa shape index (κ3) is 7.18. The molecule has 0 spiro atoms. The molecule has 0 unspecified atom stereocenters. The minimum absolute atomic E-state index is 0.0570. The number of anilines is 1. The van der Waals surface area contributed by atoms with Crippen molar-refractivity contribution in [3.63, 3.8) is 0 Å². The fraction of sp³-hybridized carbons (Fsp3) is 0.250. The van der Waals surface area contributed by atoms with Gasteiger partial charge in [-0.15, -0.1) is 0 Å². The van der Waals surface area contributed by atoms with Crippen LogP contribution >= 0.6 is 11.5 Å². The number of hydrogen-bond acceptors (Lipinski definition) is 11. The number of benzene rings is 2. The van der Waals surface area contributed by atoms with Crippen LogP contribution in [0.1, 0.15) is 11.1 Å². The van der Waals surface area contributed by atoms with Crippen LogP contribution in [0, 0.1) is 18.3 Å². The number of carbonyl (C=O) groups excluding carboxylic acids is 1. The quantitative estimate of drug-likeness (QED) is 0.216. The molecule has 0 bridgehead atoms. The molecule has 0 aliphatic heterocycles. The van der Waals surface area contributed by atoms with Crippen LogP contribution < -0.4 is 24.3 Å². The van der Waals surface area contributed by atoms with Crippen LogP contribution in [0.4, 0.5) is 5.13 Å². The lowest BCUT2D eigenvalue weighted by atomic mass is 10.1. The number of nitrogens with one attached hydrogen (secondary N) is 1. The van der Waals surface area contributed by atoms with Gasteiger partial charge in [-0.25, -0.2) is 8.42 Å². The van der Waals surface area contributed by atoms with Crippen molar-refractivity contribution < 1.29 is 32.2 Å². The highest BCUT2D eigenvalue weighted by Crippen LogP contribution is 2.39. The first-order chi connectivity index (χ1) is 17.7. The highest BCUT2D eigenvalue weighted by atomic mass is 32.2. The fourth-order valence-corrected chi connectivity index (χ4v) is 4.47. The Hall–Kier alpha value is -4.15. The minimum atomic E-state index is -3.63. The number of aryl methyl sites for hydroxylation is 1. The fourth-order valence-electron chi connectivity index (χ4n) is 3.03. The lowest BCUT2D eigenvalue weighted by molar-refractivity contribution is -0.112. The summed E-state index contributed by atoms with van der Waals surface area (Å²) in [5, 5.41) is 11.4. The first-order valence-corrected chi connectivity index (χ1v) is 13.4. The molecule has 0 aliphatic rings. The Kier molecular flexibility index (Phi) is 9.05. The Labute approximate surface area is 218 Å². The van der Waals surface area contributed by atoms with Crippen molar-refractivity contribution in [2.75, 3.05) is 39.0 Å². The molecule has 0 aliphatic carbocycles. The molecule has 11 nitrogen and oxygen atoms in total. The summed E-state index contributed by atoms with van der Waals surface area (Å²) >= 11 is 0.686. The number of nitrogens with zero attached hydrogens (tertiary/aromatic N) is 3. The number of para-hydroxylation sites is 1. The zero-order chi connectivity index (χ0) is 27.0. The Bertz CT molecular complexity index is 1430. The van der Waals surface area contributed by atoms with E-state index in [2.05, 4.69) is 14.7 Å². The second kappa shape index (κ2) is 12.2. The SMILES string of the molecule is COc1cc(C=C(C#N)C(=O)Nc2nc(S(C)(=O)=O)ns2)cc(OC)c1OCCOc1ccccc1C. The van der Waals surface area contributed by atoms with Gasteiger partial charge >= 0.3 is 0 Å². The summed E-state index contributed by atoms with van der Waals surface area (Å²) in [5.41, 5.74) is 1.17. The Morgan fingerprint density at radius 1 is 1.11 bits per heavy atom. The molecule has 0 atom stereocenters. The van der Waals surface area contributed by atoms with Gasteiger partial charge in [-0.2, -0.15) is 14.6 Å². The van der Waals surface area contributed by atoms with E-state index in [1.807, 2.05) is 37.3 Å². The van der Waals surface area contributed by atoms with E-state index < -0.39 is 20.9 Å². The number of aromatic nitrogens is 2. The maximum absolute atomic E-state index is 12.6. The van der Waals surface area contributed by atoms with Crippen LogP contribution in [-0.4, -0.2) is 57.4 Å². The standard InChI is InChI=1S/C24H24N4O7S2/c1-15-7-5-6-8-18(15)34-9-10-35-21-19(32-2)12-16(13-20(21)33-3)11-17(14-25)22(29)26-23-27-24(28-36-23)37(4,30)31/h5-8,11-13H,9-10H2,1-4H3,(H,26,27,28,29). The van der Waals surface area contributed by atoms with Crippen molar-refractivity contribution in [1.29, 1.82) is 5.26 Å². The van der Waals surface area contributed by atoms with Gasteiger partial charge < -0.3 is 18.9 Å². The number of carbonyl (C=O) groups is 1. The smallest absolute Gasteiger partial charge is 0.268 e. The summed E-state index contributed by atoms with van der Waals surface area (Å²) in [6, 6.07) is 12.6. The molecular formula is C24H24N4O7S2. The first-order valence-electron chi connectivity index (χ1n) is 10.7. The molecule has 3 aromatic rings. The highest BCUT2D eigenvalue weighted by Gasteiger charge is 2.19. The minimum Gasteiger partial charge on any atom is -0.493 e. The third-order valence-corrected chi connectivity index (χ3v) is 6.39. The van der Waals surface area contributed by atoms with Gasteiger partial charge in [0.15, 0.2) is 11.5 Å². The predicted molar refractivity (Wildman–Crippen MR) is 137 cm³/mol. The molecular weight excluding hydrogens is 520 g/mol. The van der Waals surface area contributed by atoms with Gasteiger partial charge in [-0.3, -0.25) is 10.1 Å². The van der Waals surface area contributed by atoms with E-state index in [1.54, 1.807) is 12.1 Å². The van der Waals surface area contributed by atoms with E-state index in [9.17, 15) is 18.5 Å². The Balaban J connectivity index is 1.75. The van der Waals surface area contributed by atoms with Gasteiger partial charge in [-0.05, 0) is 42.3 Å². The zero-order valence-electron chi connectivity index (χ0n) is 20.5. The third-order valence-electron chi connectivity index (χ3n) is 4.80. The lowest BCUT2D eigenvalue weighted by Gasteiger charge is -2.16. The molecule has 0 saturated carbocycles. The van der Waals surface area contributed by atoms with Gasteiger partial charge in [0, 0.05) is 17.8 Å². The van der Waals surface area contributed by atoms with Gasteiger partial charge in [0.05, 0.1) is 14.2 Å². The van der Waals surface area contributed by atoms with E-state index in [1.165, 1.54) is 20.3 Å². The molecule has 1 heterocycles. The number of nitriles is 1. The van der Waals surface area contributed by atoms with E-state index in [0.29, 0.717) is 34.3 Å². The summed E-state index contributed by atoms with van der Waals surface area (Å²) in [7, 11) is -0.726. The molecule has 0 radical (unpaired) electrons. The van der Waals surface area contributed by atoms with Gasteiger partial charge in [0.25, 0.3) is 11.1 Å². The maximum Gasteiger partial charge on any atom is 0.268 e. The summed E-state index contributed by atoms with van der Waals surface area (Å²) < 4.78 is 49.2. The molecule has 194 valence electrons. The van der Waals surface area contributed by atoms with Crippen molar-refractivity contribution in [3.8, 4) is 29.1 Å². The predicted octanol–water partition coefficient (Wildman–Crippen LogP) is 3.27. The maximum atomic E-state index is 12.6. The number of amides is 1. The molecule has 0 fully saturated rings. The van der Waals surface area contributed by atoms with Crippen LogP contribution in [0.5, 0.6) is 23.0 Å². The lowest BCUT2D eigenvalue weighted by Crippen LogP contribution is -2.13. The van der Waals surface area contributed by atoms with Crippen LogP contribution in [0.25, 0.3) is 6.08 Å². The second-order valence-corrected chi connectivity index (χ2v) is 10.2. The van der Waals surface area contributed by atoms with Crippen molar-refractivity contribution in [1.82, 2.24) is 9.36 Å². The average Bonchev–Trinajstić information content (AvgIpc) is 3.35. The number of hydrogen-bond donors (Lipinski definition) is 1. The average molecular weight is 545 g/mol. The molecule has 13 heteroatoms. The zero-order valence-corrected chi connectivity index (χ0v) is 22.1. The largest absolute Gasteiger partial charge is 0.493 e. The van der Waals surface area contributed by atoms with Crippen molar-refractivity contribution in [3.05, 3.63) is 53.1 Å². The summed E-state index contributed by atoms with van der Waals surface area (Å²) in [4.78, 5) is 16.3. The molecule has 3 rings (SSSR count). The van der Waals surface area contributed by atoms with Crippen LogP contribution in [0.2, 0.25) is 0 Å². The molecule has 2 aromatic carbocycles. The van der Waals surface area contributed by atoms with E-state index in [0.717, 1.165) is 17.6 Å². The van der Waals surface area contributed by atoms with Crippen LogP contribution in [0.15, 0.2) is 47.1 Å². The summed E-state index contributed by atoms with van der Waals surface area (Å²) in [6.45, 7) is 2.44. The molecule has 1 amide bonds. The van der Waals surface area contributed by atoms with Crippen LogP contribution in [0.3, 0.4) is 0 Å². The van der Waals surface area contributed by atoms with Crippen molar-refractivity contribution in [2.24, 2.45) is 0 Å². The molecule has 1 N–H and O–H groups in total. The number of ether oxygens (including phenoxy) is 4. The monoisotopic (exact) mass is 544 g/mol. The summed E-state index contributed by atoms with van der Waals surface area (Å²) in [6.07, 6.45) is 2.27. The Morgan fingerprint density at radius 2 is 1.76 bits per heavy atom. The van der Waals surface area contributed by atoms with Gasteiger partial charge in [-0.1, -0.05) is 18.2 Å². The van der Waals surface area contributed by atoms with E-state index in [-0.39, 0.29) is 23.9 Å². The van der Waals surface area contributed by atoms with E-state index >= 15 is 0 Å². The summed E-state index contributed by atoms with van der Waals surface area (Å²) in [5.74, 6) is 0.946. The van der Waals surface area contributed by atoms with E-state index in [4.69, 9.17) is 18.9 Å². The van der Waals surface area contributed by atoms with Crippen LogP contribution in [-0.2, 0) is 14.6 Å². The topological polar surface area (TPSA) is 150 Å². The van der Waals surface area contributed by atoms with Crippen molar-refractivity contribution >= 4 is 38.5 Å². The number of methoxy groups -OCH3 is 2. The molecule has 0 saturated heterocycles. The second-order valence-electron chi connectivity index (χ2n) is 7.50. The molecule has 37 heavy (non-hydrogen) atoms. The van der Waals surface area contributed by atoms with Gasteiger partial charge in [0.1, 0.15) is 30.6 Å². The first kappa shape index (κ1) is 27.4. The molecule has 1 aromatic heterocycles. The number of rotatable bonds is 11. The van der Waals surface area contributed by atoms with Gasteiger partial charge in [0.2, 0.25) is 20.7 Å².